The van der Waals surface area contributed by atoms with Crippen LogP contribution >= 0.6 is 24.8 Å². The Morgan fingerprint density at radius 3 is 2.40 bits per heavy atom. The number of aliphatic carboxylic acids is 1. The topological polar surface area (TPSA) is 76.2 Å². The first kappa shape index (κ1) is 16.6. The third kappa shape index (κ3) is 3.66. The van der Waals surface area contributed by atoms with Crippen LogP contribution in [-0.4, -0.2) is 16.1 Å². The predicted octanol–water partition coefficient (Wildman–Crippen LogP) is 1.49. The van der Waals surface area contributed by atoms with Gasteiger partial charge in [-0.1, -0.05) is 6.07 Å². The highest BCUT2D eigenvalue weighted by atomic mass is 35.5. The van der Waals surface area contributed by atoms with Crippen molar-refractivity contribution in [3.63, 3.8) is 0 Å². The molecule has 1 rings (SSSR count). The number of carboxylic acid groups (broad SMARTS) is 1. The quantitative estimate of drug-likeness (QED) is 0.837. The first-order chi connectivity index (χ1) is 5.94. The van der Waals surface area contributed by atoms with E-state index in [1.807, 2.05) is 0 Å². The molecule has 6 heteroatoms. The summed E-state index contributed by atoms with van der Waals surface area (Å²) < 4.78 is 0. The van der Waals surface area contributed by atoms with Gasteiger partial charge in [-0.3, -0.25) is 4.98 Å². The summed E-state index contributed by atoms with van der Waals surface area (Å²) in [5.74, 6) is -1.08. The summed E-state index contributed by atoms with van der Waals surface area (Å²) in [4.78, 5) is 14.8. The van der Waals surface area contributed by atoms with E-state index < -0.39 is 11.5 Å². The van der Waals surface area contributed by atoms with Crippen LogP contribution in [0.15, 0.2) is 18.2 Å². The summed E-state index contributed by atoms with van der Waals surface area (Å²) in [6.07, 6.45) is 0. The van der Waals surface area contributed by atoms with Gasteiger partial charge in [0.2, 0.25) is 0 Å². The molecule has 86 valence electrons. The Labute approximate surface area is 101 Å². The molecule has 0 saturated heterocycles. The molecule has 1 atom stereocenters. The monoisotopic (exact) mass is 252 g/mol. The lowest BCUT2D eigenvalue weighted by Gasteiger charge is -2.18. The molecule has 3 N–H and O–H groups in total. The lowest BCUT2D eigenvalue weighted by molar-refractivity contribution is -0.143. The fraction of sp³-hybridized carbons (Fsp3) is 0.333. The molecular formula is C9H14Cl2N2O2. The van der Waals surface area contributed by atoms with Crippen molar-refractivity contribution in [3.8, 4) is 0 Å². The molecule has 0 fully saturated rings. The van der Waals surface area contributed by atoms with Crippen LogP contribution < -0.4 is 5.73 Å². The van der Waals surface area contributed by atoms with Gasteiger partial charge in [-0.25, -0.2) is 4.79 Å². The number of pyridine rings is 1. The summed E-state index contributed by atoms with van der Waals surface area (Å²) in [5.41, 5.74) is 5.31. The van der Waals surface area contributed by atoms with Gasteiger partial charge in [0.15, 0.2) is 5.54 Å². The number of rotatable bonds is 2. The fourth-order valence-corrected chi connectivity index (χ4v) is 0.942. The Balaban J connectivity index is 0. The highest BCUT2D eigenvalue weighted by Crippen LogP contribution is 2.15. The van der Waals surface area contributed by atoms with Gasteiger partial charge in [-0.15, -0.1) is 24.8 Å². The zero-order valence-electron chi connectivity index (χ0n) is 8.43. The van der Waals surface area contributed by atoms with E-state index in [1.165, 1.54) is 6.92 Å². The minimum Gasteiger partial charge on any atom is -0.480 e. The average molecular weight is 253 g/mol. The maximum atomic E-state index is 10.8. The molecule has 0 spiro atoms. The molecule has 0 aliphatic carbocycles. The first-order valence-corrected chi connectivity index (χ1v) is 3.91. The highest BCUT2D eigenvalue weighted by molar-refractivity contribution is 5.85. The Morgan fingerprint density at radius 2 is 2.00 bits per heavy atom. The van der Waals surface area contributed by atoms with Crippen LogP contribution in [0.25, 0.3) is 0 Å². The predicted molar refractivity (Wildman–Crippen MR) is 62.6 cm³/mol. The maximum absolute atomic E-state index is 10.8. The smallest absolute Gasteiger partial charge is 0.329 e. The van der Waals surface area contributed by atoms with Crippen molar-refractivity contribution < 1.29 is 9.90 Å². The Kier molecular flexibility index (Phi) is 6.52. The van der Waals surface area contributed by atoms with Crippen LogP contribution in [0.3, 0.4) is 0 Å². The molecule has 0 aliphatic heterocycles. The number of nitrogens with two attached hydrogens (primary N) is 1. The van der Waals surface area contributed by atoms with Crippen LogP contribution in [0.5, 0.6) is 0 Å². The number of hydrogen-bond acceptors (Lipinski definition) is 3. The number of carboxylic acids is 1. The average Bonchev–Trinajstić information content (AvgIpc) is 2.04. The molecule has 0 amide bonds. The zero-order chi connectivity index (χ0) is 10.1. The third-order valence-corrected chi connectivity index (χ3v) is 1.86. The van der Waals surface area contributed by atoms with E-state index >= 15 is 0 Å². The summed E-state index contributed by atoms with van der Waals surface area (Å²) >= 11 is 0. The number of aromatic nitrogens is 1. The summed E-state index contributed by atoms with van der Waals surface area (Å²) in [7, 11) is 0. The third-order valence-electron chi connectivity index (χ3n) is 1.86. The van der Waals surface area contributed by atoms with E-state index in [4.69, 9.17) is 10.8 Å². The van der Waals surface area contributed by atoms with Gasteiger partial charge in [-0.05, 0) is 26.0 Å². The molecule has 0 aliphatic rings. The molecule has 0 saturated carbocycles. The normalized spacial score (nSPS) is 13.0. The number of halogens is 2. The highest BCUT2D eigenvalue weighted by Gasteiger charge is 2.31. The van der Waals surface area contributed by atoms with Crippen molar-refractivity contribution in [1.29, 1.82) is 0 Å². The molecular weight excluding hydrogens is 239 g/mol. The van der Waals surface area contributed by atoms with E-state index in [1.54, 1.807) is 25.1 Å². The van der Waals surface area contributed by atoms with Crippen molar-refractivity contribution >= 4 is 30.8 Å². The number of aryl methyl sites for hydroxylation is 1. The van der Waals surface area contributed by atoms with E-state index in [0.717, 1.165) is 5.69 Å². The van der Waals surface area contributed by atoms with Gasteiger partial charge in [0.05, 0.1) is 5.69 Å². The van der Waals surface area contributed by atoms with Crippen LogP contribution in [0.1, 0.15) is 18.3 Å². The van der Waals surface area contributed by atoms with Crippen LogP contribution in [0, 0.1) is 6.92 Å². The van der Waals surface area contributed by atoms with Gasteiger partial charge in [0, 0.05) is 5.69 Å². The zero-order valence-corrected chi connectivity index (χ0v) is 10.1. The second-order valence-electron chi connectivity index (χ2n) is 3.17. The second kappa shape index (κ2) is 5.90. The van der Waals surface area contributed by atoms with Crippen LogP contribution in [0.4, 0.5) is 0 Å². The lowest BCUT2D eigenvalue weighted by atomic mass is 9.99. The van der Waals surface area contributed by atoms with E-state index in [2.05, 4.69) is 4.98 Å². The van der Waals surface area contributed by atoms with E-state index in [-0.39, 0.29) is 24.8 Å². The molecule has 0 bridgehead atoms. The molecule has 1 unspecified atom stereocenters. The maximum Gasteiger partial charge on any atom is 0.329 e. The minimum atomic E-state index is -1.41. The van der Waals surface area contributed by atoms with Gasteiger partial charge in [0.1, 0.15) is 0 Å². The van der Waals surface area contributed by atoms with Crippen molar-refractivity contribution in [2.45, 2.75) is 19.4 Å². The molecule has 0 radical (unpaired) electrons. The SMILES string of the molecule is Cc1cccc(C(C)(N)C(=O)O)n1.Cl.Cl. The molecule has 0 aromatic carbocycles. The standard InChI is InChI=1S/C9H12N2O2.2ClH/c1-6-4-3-5-7(11-6)9(2,10)8(12)13;;/h3-5H,10H2,1-2H3,(H,12,13);2*1H. The largest absolute Gasteiger partial charge is 0.480 e. The first-order valence-electron chi connectivity index (χ1n) is 3.91. The van der Waals surface area contributed by atoms with Crippen molar-refractivity contribution in [3.05, 3.63) is 29.6 Å². The van der Waals surface area contributed by atoms with Crippen molar-refractivity contribution in [2.75, 3.05) is 0 Å². The molecule has 15 heavy (non-hydrogen) atoms. The van der Waals surface area contributed by atoms with Gasteiger partial charge in [0.25, 0.3) is 0 Å². The van der Waals surface area contributed by atoms with Crippen LogP contribution in [-0.2, 0) is 10.3 Å². The van der Waals surface area contributed by atoms with Gasteiger partial charge >= 0.3 is 5.97 Å². The van der Waals surface area contributed by atoms with E-state index in [0.29, 0.717) is 5.69 Å². The Bertz CT molecular complexity index is 343. The summed E-state index contributed by atoms with van der Waals surface area (Å²) in [5, 5.41) is 8.82. The van der Waals surface area contributed by atoms with Gasteiger partial charge < -0.3 is 10.8 Å². The molecule has 4 nitrogen and oxygen atoms in total. The number of hydrogen-bond donors (Lipinski definition) is 2. The van der Waals surface area contributed by atoms with Crippen LogP contribution in [0.2, 0.25) is 0 Å². The van der Waals surface area contributed by atoms with Crippen molar-refractivity contribution in [2.24, 2.45) is 5.73 Å². The van der Waals surface area contributed by atoms with Gasteiger partial charge in [-0.2, -0.15) is 0 Å². The van der Waals surface area contributed by atoms with E-state index in [9.17, 15) is 4.79 Å². The molecule has 1 aromatic rings. The minimum absolute atomic E-state index is 0. The second-order valence-corrected chi connectivity index (χ2v) is 3.17. The summed E-state index contributed by atoms with van der Waals surface area (Å²) in [6.45, 7) is 3.22. The number of carbonyl (C=O) groups is 1. The fourth-order valence-electron chi connectivity index (χ4n) is 0.942. The molecule has 1 aromatic heterocycles. The summed E-state index contributed by atoms with van der Waals surface area (Å²) in [6, 6.07) is 5.15. The lowest BCUT2D eigenvalue weighted by Crippen LogP contribution is -2.42. The Hall–Kier alpha value is -0.840. The molecule has 1 heterocycles. The van der Waals surface area contributed by atoms with Crippen molar-refractivity contribution in [1.82, 2.24) is 4.98 Å². The number of nitrogens with zero attached hydrogens (tertiary/aromatic N) is 1. The Morgan fingerprint density at radius 1 is 1.47 bits per heavy atom.